The molecule has 0 spiro atoms. The molecule has 33 heavy (non-hydrogen) atoms. The molecule has 0 radical (unpaired) electrons. The summed E-state index contributed by atoms with van der Waals surface area (Å²) in [4.78, 5) is 12.9. The summed E-state index contributed by atoms with van der Waals surface area (Å²) in [5.41, 5.74) is 0.656. The molecule has 1 N–H and O–H groups in total. The maximum atomic E-state index is 12.8. The van der Waals surface area contributed by atoms with Crippen LogP contribution in [0.2, 0.25) is 0 Å². The molecule has 0 unspecified atom stereocenters. The number of morpholine rings is 1. The fourth-order valence-corrected chi connectivity index (χ4v) is 6.01. The minimum Gasteiger partial charge on any atom is -0.497 e. The summed E-state index contributed by atoms with van der Waals surface area (Å²) >= 11 is 0. The van der Waals surface area contributed by atoms with Gasteiger partial charge in [-0.05, 0) is 55.5 Å². The smallest absolute Gasteiger partial charge is 0.247 e. The fraction of sp³-hybridized carbons (Fsp3) is 0.381. The molecule has 1 fully saturated rings. The van der Waals surface area contributed by atoms with Gasteiger partial charge < -0.3 is 14.8 Å². The standard InChI is InChI=1S/C21H27N3O7S2/c1-16(24(32(3,26)27)18-6-8-19(30-2)9-7-18)21(25)22-17-4-10-20(11-5-17)33(28,29)23-12-14-31-15-13-23/h4-11,16H,12-15H2,1-3H3,(H,22,25)/t16-/m0/s1. The molecular weight excluding hydrogens is 470 g/mol. The van der Waals surface area contributed by atoms with Crippen molar-refractivity contribution < 1.29 is 31.1 Å². The summed E-state index contributed by atoms with van der Waals surface area (Å²) in [5, 5.41) is 2.65. The molecule has 1 amide bonds. The van der Waals surface area contributed by atoms with Gasteiger partial charge in [-0.3, -0.25) is 9.10 Å². The van der Waals surface area contributed by atoms with E-state index in [-0.39, 0.29) is 18.0 Å². The van der Waals surface area contributed by atoms with E-state index in [4.69, 9.17) is 9.47 Å². The molecule has 1 atom stereocenters. The van der Waals surface area contributed by atoms with E-state index in [1.54, 1.807) is 24.3 Å². The number of anilines is 2. The van der Waals surface area contributed by atoms with E-state index in [1.165, 1.54) is 42.6 Å². The van der Waals surface area contributed by atoms with Crippen molar-refractivity contribution in [3.63, 3.8) is 0 Å². The average Bonchev–Trinajstić information content (AvgIpc) is 2.79. The van der Waals surface area contributed by atoms with Gasteiger partial charge in [0.2, 0.25) is 26.0 Å². The summed E-state index contributed by atoms with van der Waals surface area (Å²) in [6.45, 7) is 2.72. The van der Waals surface area contributed by atoms with Crippen LogP contribution >= 0.6 is 0 Å². The normalized spacial score (nSPS) is 16.1. The van der Waals surface area contributed by atoms with Crippen molar-refractivity contribution in [3.8, 4) is 5.75 Å². The van der Waals surface area contributed by atoms with Crippen LogP contribution in [0.3, 0.4) is 0 Å². The second-order valence-electron chi connectivity index (χ2n) is 7.46. The van der Waals surface area contributed by atoms with Crippen molar-refractivity contribution in [3.05, 3.63) is 48.5 Å². The van der Waals surface area contributed by atoms with Crippen LogP contribution in [-0.2, 0) is 29.6 Å². The van der Waals surface area contributed by atoms with Crippen molar-refractivity contribution in [1.82, 2.24) is 4.31 Å². The zero-order valence-electron chi connectivity index (χ0n) is 18.6. The Bertz CT molecular complexity index is 1180. The van der Waals surface area contributed by atoms with Gasteiger partial charge in [-0.25, -0.2) is 16.8 Å². The summed E-state index contributed by atoms with van der Waals surface area (Å²) in [7, 11) is -5.93. The number of methoxy groups -OCH3 is 1. The van der Waals surface area contributed by atoms with Crippen LogP contribution < -0.4 is 14.4 Å². The van der Waals surface area contributed by atoms with E-state index in [9.17, 15) is 21.6 Å². The molecule has 1 aliphatic rings. The van der Waals surface area contributed by atoms with E-state index in [1.807, 2.05) is 0 Å². The summed E-state index contributed by atoms with van der Waals surface area (Å²) < 4.78 is 63.0. The highest BCUT2D eigenvalue weighted by Gasteiger charge is 2.30. The minimum atomic E-state index is -3.78. The van der Waals surface area contributed by atoms with Crippen molar-refractivity contribution >= 4 is 37.3 Å². The number of ether oxygens (including phenoxy) is 2. The highest BCUT2D eigenvalue weighted by Crippen LogP contribution is 2.25. The molecule has 10 nitrogen and oxygen atoms in total. The first-order valence-corrected chi connectivity index (χ1v) is 13.4. The van der Waals surface area contributed by atoms with Gasteiger partial charge in [0.15, 0.2) is 0 Å². The maximum absolute atomic E-state index is 12.8. The molecular formula is C21H27N3O7S2. The predicted octanol–water partition coefficient (Wildman–Crippen LogP) is 1.51. The number of sulfonamides is 2. The molecule has 3 rings (SSSR count). The molecule has 2 aromatic rings. The average molecular weight is 498 g/mol. The van der Waals surface area contributed by atoms with Crippen molar-refractivity contribution in [2.45, 2.75) is 17.9 Å². The number of benzene rings is 2. The molecule has 1 heterocycles. The minimum absolute atomic E-state index is 0.103. The Morgan fingerprint density at radius 1 is 1.03 bits per heavy atom. The van der Waals surface area contributed by atoms with Crippen LogP contribution in [0.15, 0.2) is 53.4 Å². The molecule has 12 heteroatoms. The number of nitrogens with one attached hydrogen (secondary N) is 1. The van der Waals surface area contributed by atoms with Crippen LogP contribution in [0.5, 0.6) is 5.75 Å². The van der Waals surface area contributed by atoms with Crippen LogP contribution in [0.4, 0.5) is 11.4 Å². The molecule has 0 aliphatic carbocycles. The Morgan fingerprint density at radius 3 is 2.12 bits per heavy atom. The SMILES string of the molecule is COc1ccc(N([C@@H](C)C(=O)Nc2ccc(S(=O)(=O)N3CCOCC3)cc2)S(C)(=O)=O)cc1. The highest BCUT2D eigenvalue weighted by molar-refractivity contribution is 7.92. The predicted molar refractivity (Wildman–Crippen MR) is 124 cm³/mol. The number of hydrogen-bond acceptors (Lipinski definition) is 7. The monoisotopic (exact) mass is 497 g/mol. The van der Waals surface area contributed by atoms with E-state index >= 15 is 0 Å². The largest absolute Gasteiger partial charge is 0.497 e. The lowest BCUT2D eigenvalue weighted by atomic mass is 10.2. The number of amides is 1. The third-order valence-corrected chi connectivity index (χ3v) is 8.30. The molecule has 0 bridgehead atoms. The molecule has 0 aromatic heterocycles. The molecule has 1 saturated heterocycles. The fourth-order valence-electron chi connectivity index (χ4n) is 3.43. The number of hydrogen-bond donors (Lipinski definition) is 1. The number of carbonyl (C=O) groups is 1. The summed E-state index contributed by atoms with van der Waals surface area (Å²) in [6.07, 6.45) is 1.02. The van der Waals surface area contributed by atoms with Gasteiger partial charge in [-0.15, -0.1) is 0 Å². The second kappa shape index (κ2) is 10.1. The third-order valence-electron chi connectivity index (χ3n) is 5.15. The second-order valence-corrected chi connectivity index (χ2v) is 11.3. The van der Waals surface area contributed by atoms with E-state index in [0.717, 1.165) is 10.6 Å². The Labute approximate surface area is 194 Å². The van der Waals surface area contributed by atoms with Gasteiger partial charge in [0, 0.05) is 18.8 Å². The molecule has 1 aliphatic heterocycles. The Balaban J connectivity index is 1.76. The number of carbonyl (C=O) groups excluding carboxylic acids is 1. The van der Waals surface area contributed by atoms with Crippen LogP contribution in [0.1, 0.15) is 6.92 Å². The maximum Gasteiger partial charge on any atom is 0.247 e. The van der Waals surface area contributed by atoms with Crippen LogP contribution in [-0.4, -0.2) is 72.8 Å². The Morgan fingerprint density at radius 2 is 1.61 bits per heavy atom. The lowest BCUT2D eigenvalue weighted by Crippen LogP contribution is -2.45. The third kappa shape index (κ3) is 5.82. The highest BCUT2D eigenvalue weighted by atomic mass is 32.2. The first-order valence-electron chi connectivity index (χ1n) is 10.2. The van der Waals surface area contributed by atoms with Crippen molar-refractivity contribution in [1.29, 1.82) is 0 Å². The molecule has 180 valence electrons. The van der Waals surface area contributed by atoms with Gasteiger partial charge in [-0.2, -0.15) is 4.31 Å². The van der Waals surface area contributed by atoms with E-state index in [2.05, 4.69) is 5.32 Å². The zero-order chi connectivity index (χ0) is 24.2. The Kier molecular flexibility index (Phi) is 7.62. The van der Waals surface area contributed by atoms with Crippen LogP contribution in [0, 0.1) is 0 Å². The lowest BCUT2D eigenvalue weighted by molar-refractivity contribution is -0.116. The van der Waals surface area contributed by atoms with Gasteiger partial charge in [-0.1, -0.05) is 0 Å². The van der Waals surface area contributed by atoms with Gasteiger partial charge >= 0.3 is 0 Å². The number of nitrogens with zero attached hydrogens (tertiary/aromatic N) is 2. The lowest BCUT2D eigenvalue weighted by Gasteiger charge is -2.28. The van der Waals surface area contributed by atoms with Gasteiger partial charge in [0.25, 0.3) is 0 Å². The van der Waals surface area contributed by atoms with Gasteiger partial charge in [0.05, 0.1) is 37.2 Å². The quantitative estimate of drug-likeness (QED) is 0.587. The number of rotatable bonds is 8. The molecule has 0 saturated carbocycles. The first-order chi connectivity index (χ1) is 15.5. The van der Waals surface area contributed by atoms with Crippen molar-refractivity contribution in [2.75, 3.05) is 49.3 Å². The van der Waals surface area contributed by atoms with E-state index < -0.39 is 32.0 Å². The topological polar surface area (TPSA) is 122 Å². The summed E-state index contributed by atoms with van der Waals surface area (Å²) in [6, 6.07) is 11.0. The van der Waals surface area contributed by atoms with Crippen molar-refractivity contribution in [2.24, 2.45) is 0 Å². The Hall–Kier alpha value is -2.67. The van der Waals surface area contributed by atoms with Gasteiger partial charge in [0.1, 0.15) is 11.8 Å². The molecule has 2 aromatic carbocycles. The van der Waals surface area contributed by atoms with E-state index in [0.29, 0.717) is 30.3 Å². The summed E-state index contributed by atoms with van der Waals surface area (Å²) in [5.74, 6) is -0.0172. The first kappa shape index (κ1) is 25.0. The van der Waals surface area contributed by atoms with Crippen LogP contribution in [0.25, 0.3) is 0 Å². The zero-order valence-corrected chi connectivity index (χ0v) is 20.2.